The van der Waals surface area contributed by atoms with Crippen LogP contribution in [0.4, 0.5) is 5.82 Å². The summed E-state index contributed by atoms with van der Waals surface area (Å²) in [4.78, 5) is 25.6. The fourth-order valence-corrected chi connectivity index (χ4v) is 13200. The first-order valence-electron chi connectivity index (χ1n) is 24.3. The molecule has 1 saturated heterocycles. The summed E-state index contributed by atoms with van der Waals surface area (Å²) in [5, 5.41) is 5.13. The van der Waals surface area contributed by atoms with Crippen LogP contribution >= 0.6 is 1040 Å². The molecular formula is C33H34Cl3I75N3O8-. The third-order valence-electron chi connectivity index (χ3n) is 8.77. The SMILES string of the molecule is C1CCOC1.COC(=O)c1cc(Cl)ccc1OC.COc1ccc(Cl)cc1-c1cc(N)no1.II(I)I(I)I(I)I(I)I(I)I(I)I(I)I(I)I(I)I(I)I(I)I(I)I(I)I(I)I(I)I(I)I(I)I(I)I.I[I-]I(I)I(I)I(I)I(I)I(I)I(I)I(I)I(I)I(I)I(I)I(I)I(I)I(I)I(I)I(I)I(I)I(I)I.[C-]#[N+]CC(=O)c1cc(Cl)ccc1OC. The molecule has 0 spiro atoms. The zero-order valence-electron chi connectivity index (χ0n) is 54.5. The maximum Gasteiger partial charge on any atom is 0.276 e. The monoisotopic (exact) mass is 10200 g/mol. The molecule has 1 aliphatic rings. The van der Waals surface area contributed by atoms with Gasteiger partial charge in [0.15, 0.2) is 11.6 Å². The number of aromatic nitrogens is 1. The summed E-state index contributed by atoms with van der Waals surface area (Å²) < 4.78 is 29.7. The van der Waals surface area contributed by atoms with Crippen molar-refractivity contribution in [2.75, 3.05) is 53.9 Å². The summed E-state index contributed by atoms with van der Waals surface area (Å²) in [5.74, 6) is 1.69. The van der Waals surface area contributed by atoms with E-state index in [1.807, 2.05) is 0 Å². The number of methoxy groups -OCH3 is 4. The molecule has 0 aliphatic carbocycles. The van der Waals surface area contributed by atoms with Crippen molar-refractivity contribution in [2.45, 2.75) is 12.8 Å². The summed E-state index contributed by atoms with van der Waals surface area (Å²) >= 11 is 143. The molecule has 5 rings (SSSR count). The Labute approximate surface area is 1240 Å². The van der Waals surface area contributed by atoms with Gasteiger partial charge in [0.1, 0.15) is 22.8 Å². The van der Waals surface area contributed by atoms with E-state index in [1.54, 1.807) is 55.6 Å². The van der Waals surface area contributed by atoms with Gasteiger partial charge in [-0.2, -0.15) is 0 Å². The zero-order valence-corrected chi connectivity index (χ0v) is 219. The van der Waals surface area contributed by atoms with Crippen LogP contribution in [-0.2, 0) is 9.47 Å². The number of nitrogen functional groups attached to an aromatic ring is 1. The van der Waals surface area contributed by atoms with Gasteiger partial charge in [-0.3, -0.25) is 4.79 Å². The van der Waals surface area contributed by atoms with Gasteiger partial charge in [0.2, 0.25) is 5.78 Å². The van der Waals surface area contributed by atoms with E-state index < -0.39 is 274 Å². The van der Waals surface area contributed by atoms with E-state index >= 15 is 0 Å². The van der Waals surface area contributed by atoms with Crippen molar-refractivity contribution >= 4 is 1050 Å². The van der Waals surface area contributed by atoms with Gasteiger partial charge in [0.25, 0.3) is 6.54 Å². The van der Waals surface area contributed by atoms with Crippen molar-refractivity contribution in [1.82, 2.24) is 5.16 Å². The minimum atomic E-state index is -0.532. The number of nitrogens with two attached hydrogens (primary N) is 1. The number of halogens is 78. The van der Waals surface area contributed by atoms with Crippen LogP contribution in [-0.4, -0.2) is 65.1 Å². The van der Waals surface area contributed by atoms with Gasteiger partial charge in [-0.25, -0.2) is 11.4 Å². The summed E-state index contributed by atoms with van der Waals surface area (Å²) in [6, 6.07) is 16.4. The number of benzene rings is 3. The first-order chi connectivity index (χ1) is 56.6. The Morgan fingerprint density at radius 2 is 0.631 bits per heavy atom. The number of hydrogen-bond acceptors (Lipinski definition) is 10. The maximum atomic E-state index is 11.4. The van der Waals surface area contributed by atoms with E-state index in [0.29, 0.717) is 68.3 Å². The maximum absolute atomic E-state index is 11.4. The van der Waals surface area contributed by atoms with Crippen LogP contribution in [0.3, 0.4) is 0 Å². The minimum absolute atomic E-state index is 0.184. The molecule has 776 valence electrons. The molecule has 0 radical (unpaired) electrons. The van der Waals surface area contributed by atoms with Gasteiger partial charge in [-0.1, -0.05) is 40.0 Å². The van der Waals surface area contributed by atoms with Crippen molar-refractivity contribution in [1.29, 1.82) is 0 Å². The molecular weight excluding hydrogens is 10200 g/mol. The van der Waals surface area contributed by atoms with Gasteiger partial charge < -0.3 is 38.8 Å². The van der Waals surface area contributed by atoms with Crippen LogP contribution in [0.2, 0.25) is 15.1 Å². The molecule has 0 amide bonds. The number of carbonyl (C=O) groups is 2. The molecule has 0 bridgehead atoms. The quantitative estimate of drug-likeness (QED) is 0.0198. The second-order valence-electron chi connectivity index (χ2n) is 14.9. The standard InChI is InChI=1S/C10H9ClN2O2.C10H8ClNO2.C9H9ClO3.C4H8O.I38.I37/c1-14-8-3-2-6(11)4-7(8)9-5-10(12)13-15-9;1-12-6-9(13)8-5-7(11)3-4-10(8)14-2;1-12-8-4-3-6(10)5-7(8)9(11)13-2;1-2-4-5-3-1;1-21(2)23(5)25(7)27(9)29(11)31(13)33(15)35(17)37(19)38(20)36(18)34(16)32(14)30(12)28(10)26(8)24(6)22(3)4;1-20-22(4)24(6)26(8)28(10)30(12)32(14)34(16)36(18)37(19)35(17)33(15)31(13)29(11)27(9)25(7)23(5)21(2)3/h2-5H,1H3,(H2,12,13);3-5H,6H2,2H3;3-5H,1-2H3;1-4H2;;/q;;;;;-1. The molecule has 0 saturated carbocycles. The molecule has 3 aromatic carbocycles. The molecule has 2 heterocycles. The molecule has 1 aliphatic heterocycles. The fourth-order valence-electron chi connectivity index (χ4n) is 4.78. The Hall–Kier alpha value is 50.3. The number of nitrogens with zero attached hydrogens (tertiary/aromatic N) is 2. The Morgan fingerprint density at radius 3 is 0.852 bits per heavy atom. The van der Waals surface area contributed by atoms with Crippen LogP contribution < -0.4 is 33.2 Å². The van der Waals surface area contributed by atoms with E-state index in [4.69, 9.17) is 70.6 Å². The van der Waals surface area contributed by atoms with Crippen molar-refractivity contribution in [3.05, 3.63) is 98.3 Å². The van der Waals surface area contributed by atoms with Crippen molar-refractivity contribution < 1.29 is 51.1 Å². The summed E-state index contributed by atoms with van der Waals surface area (Å²) in [6.07, 6.45) is 2.56. The van der Waals surface area contributed by atoms with Crippen molar-refractivity contribution in [2.24, 2.45) is 0 Å². The molecule has 4 aromatic rings. The number of ether oxygens (including phenoxy) is 5. The number of hydrogen-bond donors (Lipinski definition) is 1. The van der Waals surface area contributed by atoms with Crippen LogP contribution in [0.1, 0.15) is 33.6 Å². The number of Topliss-reactive ketones (excluding diaryl/α,β-unsaturated/α-hetero) is 1. The summed E-state index contributed by atoms with van der Waals surface area (Å²) in [6.45, 7) is 8.41. The first-order valence-corrected chi connectivity index (χ1v) is 484. The van der Waals surface area contributed by atoms with E-state index in [-0.39, 0.29) is 20.2 Å². The average molecular weight is 10200 g/mol. The third-order valence-corrected chi connectivity index (χ3v) is 5540. The first kappa shape index (κ1) is 172. The van der Waals surface area contributed by atoms with Crippen LogP contribution in [0.15, 0.2) is 65.2 Å². The fraction of sp³-hybridized carbons (Fsp3) is 0.273. The molecule has 1 fully saturated rings. The number of esters is 1. The number of rotatable bonds is 41. The Bertz CT molecular complexity index is 3580. The smallest absolute Gasteiger partial charge is 0.276 e. The van der Waals surface area contributed by atoms with Crippen LogP contribution in [0, 0.1) is 6.57 Å². The topological polar surface area (TPSA) is 137 Å². The van der Waals surface area contributed by atoms with Gasteiger partial charge in [0, 0.05) is 34.3 Å². The predicted molar refractivity (Wildman–Crippen MR) is 1220 cm³/mol. The van der Waals surface area contributed by atoms with Crippen molar-refractivity contribution in [3.63, 3.8) is 0 Å². The second kappa shape index (κ2) is 104. The average Bonchev–Trinajstić information content (AvgIpc) is 1.31. The Kier molecular flexibility index (Phi) is 147. The number of ketones is 1. The normalized spacial score (nSPS) is 15.7. The molecule has 122 heavy (non-hydrogen) atoms. The number of anilines is 1. The van der Waals surface area contributed by atoms with Gasteiger partial charge in [0.05, 0.1) is 39.6 Å². The van der Waals surface area contributed by atoms with E-state index in [2.05, 4.69) is 741 Å². The van der Waals surface area contributed by atoms with Gasteiger partial charge >= 0.3 is 1020 Å². The molecule has 89 heteroatoms. The van der Waals surface area contributed by atoms with Crippen LogP contribution in [0.25, 0.3) is 16.2 Å². The van der Waals surface area contributed by atoms with Crippen LogP contribution in [0.5, 0.6) is 17.2 Å². The van der Waals surface area contributed by atoms with E-state index in [1.165, 1.54) is 46.3 Å². The summed E-state index contributed by atoms with van der Waals surface area (Å²) in [7, 11) is -11.3. The zero-order chi connectivity index (χ0) is 94.7. The molecule has 0 atom stereocenters. The van der Waals surface area contributed by atoms with E-state index in [9.17, 15) is 9.59 Å². The Balaban J connectivity index is 0.00000158. The molecule has 2 N–H and O–H groups in total. The Morgan fingerprint density at radius 1 is 0.385 bits per heavy atom. The van der Waals surface area contributed by atoms with Gasteiger partial charge in [-0.05, 0) is 67.4 Å². The summed E-state index contributed by atoms with van der Waals surface area (Å²) in [5.41, 5.74) is 6.89. The minimum Gasteiger partial charge on any atom is -0.496 e. The third kappa shape index (κ3) is 72.0. The van der Waals surface area contributed by atoms with Gasteiger partial charge in [-0.15, -0.1) is 0 Å². The predicted octanol–water partition coefficient (Wildman–Crippen LogP) is 70.5. The second-order valence-corrected chi connectivity index (χ2v) is 1740. The number of carbonyl (C=O) groups excluding carboxylic acids is 2. The largest absolute Gasteiger partial charge is 0.496 e. The van der Waals surface area contributed by atoms with Crippen molar-refractivity contribution in [3.8, 4) is 28.6 Å². The molecule has 1 aromatic heterocycles. The molecule has 0 unspecified atom stereocenters. The molecule has 11 nitrogen and oxygen atoms in total. The van der Waals surface area contributed by atoms with E-state index in [0.717, 1.165) is 18.8 Å².